The van der Waals surface area contributed by atoms with Gasteiger partial charge in [-0.15, -0.1) is 0 Å². The largest absolute Gasteiger partial charge is 0.455 e. The summed E-state index contributed by atoms with van der Waals surface area (Å²) in [7, 11) is -0.724. The summed E-state index contributed by atoms with van der Waals surface area (Å²) < 4.78 is 30.4. The Kier molecular flexibility index (Phi) is 4.17. The van der Waals surface area contributed by atoms with E-state index in [9.17, 15) is 13.2 Å². The zero-order valence-electron chi connectivity index (χ0n) is 11.8. The van der Waals surface area contributed by atoms with E-state index in [-0.39, 0.29) is 22.3 Å². The molecular weight excluding hydrogens is 282 g/mol. The number of furan rings is 1. The standard InChI is InChI=1S/C12H19N3O4S/c1-8-11(20(17,18)15(2)3)4-10(19-8)12(16)14-7-9-5-13-6-9/h4,9,13H,5-7H2,1-3H3,(H,14,16). The third-order valence-electron chi connectivity index (χ3n) is 3.27. The number of amides is 1. The Balaban J connectivity index is 2.12. The summed E-state index contributed by atoms with van der Waals surface area (Å²) in [4.78, 5) is 11.9. The Bertz CT molecular complexity index is 602. The quantitative estimate of drug-likeness (QED) is 0.785. The molecule has 0 aliphatic carbocycles. The molecule has 1 saturated heterocycles. The lowest BCUT2D eigenvalue weighted by atomic mass is 10.0. The lowest BCUT2D eigenvalue weighted by Gasteiger charge is -2.26. The summed E-state index contributed by atoms with van der Waals surface area (Å²) in [6.07, 6.45) is 0. The number of carbonyl (C=O) groups excluding carboxylic acids is 1. The summed E-state index contributed by atoms with van der Waals surface area (Å²) >= 11 is 0. The minimum Gasteiger partial charge on any atom is -0.455 e. The molecule has 0 aromatic carbocycles. The van der Waals surface area contributed by atoms with Crippen molar-refractivity contribution in [1.82, 2.24) is 14.9 Å². The molecule has 1 fully saturated rings. The van der Waals surface area contributed by atoms with E-state index in [2.05, 4.69) is 10.6 Å². The van der Waals surface area contributed by atoms with Crippen LogP contribution in [0.2, 0.25) is 0 Å². The summed E-state index contributed by atoms with van der Waals surface area (Å²) in [5.41, 5.74) is 0. The Morgan fingerprint density at radius 2 is 2.15 bits per heavy atom. The van der Waals surface area contributed by atoms with E-state index in [4.69, 9.17) is 4.42 Å². The number of aryl methyl sites for hydroxylation is 1. The number of hydrogen-bond acceptors (Lipinski definition) is 5. The van der Waals surface area contributed by atoms with Crippen molar-refractivity contribution >= 4 is 15.9 Å². The highest BCUT2D eigenvalue weighted by Gasteiger charge is 2.26. The van der Waals surface area contributed by atoms with Crippen molar-refractivity contribution < 1.29 is 17.6 Å². The lowest BCUT2D eigenvalue weighted by Crippen LogP contribution is -2.48. The Hall–Kier alpha value is -1.38. The first-order chi connectivity index (χ1) is 9.32. The van der Waals surface area contributed by atoms with Crippen LogP contribution in [0.25, 0.3) is 0 Å². The molecule has 1 aromatic rings. The molecule has 0 radical (unpaired) electrons. The van der Waals surface area contributed by atoms with E-state index in [1.54, 1.807) is 0 Å². The van der Waals surface area contributed by atoms with Crippen LogP contribution in [-0.4, -0.2) is 52.4 Å². The lowest BCUT2D eigenvalue weighted by molar-refractivity contribution is 0.0913. The zero-order valence-corrected chi connectivity index (χ0v) is 12.6. The average Bonchev–Trinajstić information content (AvgIpc) is 2.69. The normalized spacial score (nSPS) is 16.2. The molecule has 2 N–H and O–H groups in total. The second-order valence-corrected chi connectivity index (χ2v) is 7.17. The number of carbonyl (C=O) groups is 1. The predicted octanol–water partition coefficient (Wildman–Crippen LogP) is -0.212. The molecule has 7 nitrogen and oxygen atoms in total. The van der Waals surface area contributed by atoms with Crippen LogP contribution in [0, 0.1) is 12.8 Å². The number of sulfonamides is 1. The van der Waals surface area contributed by atoms with E-state index < -0.39 is 10.0 Å². The van der Waals surface area contributed by atoms with Crippen molar-refractivity contribution in [1.29, 1.82) is 0 Å². The van der Waals surface area contributed by atoms with Crippen molar-refractivity contribution in [2.45, 2.75) is 11.8 Å². The van der Waals surface area contributed by atoms with Gasteiger partial charge in [-0.3, -0.25) is 4.79 Å². The third-order valence-corrected chi connectivity index (χ3v) is 5.19. The van der Waals surface area contributed by atoms with Gasteiger partial charge in [-0.25, -0.2) is 12.7 Å². The first-order valence-electron chi connectivity index (χ1n) is 6.34. The van der Waals surface area contributed by atoms with E-state index in [0.29, 0.717) is 12.5 Å². The fourth-order valence-electron chi connectivity index (χ4n) is 1.85. The topological polar surface area (TPSA) is 91.6 Å². The van der Waals surface area contributed by atoms with Crippen LogP contribution in [0.15, 0.2) is 15.4 Å². The van der Waals surface area contributed by atoms with Crippen molar-refractivity contribution in [3.05, 3.63) is 17.6 Å². The molecule has 0 atom stereocenters. The van der Waals surface area contributed by atoms with Crippen molar-refractivity contribution in [3.63, 3.8) is 0 Å². The molecule has 0 unspecified atom stereocenters. The highest BCUT2D eigenvalue weighted by atomic mass is 32.2. The highest BCUT2D eigenvalue weighted by molar-refractivity contribution is 7.89. The smallest absolute Gasteiger partial charge is 0.287 e. The van der Waals surface area contributed by atoms with Gasteiger partial charge in [0.15, 0.2) is 5.76 Å². The summed E-state index contributed by atoms with van der Waals surface area (Å²) in [5.74, 6) is 0.282. The highest BCUT2D eigenvalue weighted by Crippen LogP contribution is 2.22. The van der Waals surface area contributed by atoms with E-state index in [1.807, 2.05) is 0 Å². The summed E-state index contributed by atoms with van der Waals surface area (Å²) in [6, 6.07) is 1.28. The van der Waals surface area contributed by atoms with Gasteiger partial charge < -0.3 is 15.1 Å². The maximum absolute atomic E-state index is 12.0. The Morgan fingerprint density at radius 3 is 2.65 bits per heavy atom. The molecule has 1 aliphatic rings. The summed E-state index contributed by atoms with van der Waals surface area (Å²) in [5, 5.41) is 5.85. The Morgan fingerprint density at radius 1 is 1.50 bits per heavy atom. The van der Waals surface area contributed by atoms with Gasteiger partial charge in [0, 0.05) is 45.7 Å². The van der Waals surface area contributed by atoms with Crippen molar-refractivity contribution in [3.8, 4) is 0 Å². The van der Waals surface area contributed by atoms with Gasteiger partial charge in [-0.1, -0.05) is 0 Å². The maximum atomic E-state index is 12.0. The van der Waals surface area contributed by atoms with E-state index >= 15 is 0 Å². The molecule has 2 rings (SSSR count). The molecule has 2 heterocycles. The third kappa shape index (κ3) is 2.87. The van der Waals surface area contributed by atoms with Crippen LogP contribution in [0.5, 0.6) is 0 Å². The van der Waals surface area contributed by atoms with Crippen LogP contribution in [0.3, 0.4) is 0 Å². The van der Waals surface area contributed by atoms with Crippen LogP contribution in [-0.2, 0) is 10.0 Å². The molecule has 0 bridgehead atoms. The molecule has 0 spiro atoms. The van der Waals surface area contributed by atoms with Crippen molar-refractivity contribution in [2.75, 3.05) is 33.7 Å². The monoisotopic (exact) mass is 301 g/mol. The molecule has 1 aromatic heterocycles. The number of rotatable bonds is 5. The zero-order chi connectivity index (χ0) is 14.9. The van der Waals surface area contributed by atoms with Gasteiger partial charge in [-0.2, -0.15) is 0 Å². The maximum Gasteiger partial charge on any atom is 0.287 e. The molecular formula is C12H19N3O4S. The van der Waals surface area contributed by atoms with Gasteiger partial charge in [0.05, 0.1) is 0 Å². The van der Waals surface area contributed by atoms with Gasteiger partial charge in [0.2, 0.25) is 10.0 Å². The first kappa shape index (κ1) is 15.0. The molecule has 20 heavy (non-hydrogen) atoms. The minimum absolute atomic E-state index is 0.0233. The fraction of sp³-hybridized carbons (Fsp3) is 0.583. The number of nitrogens with zero attached hydrogens (tertiary/aromatic N) is 1. The number of nitrogens with one attached hydrogen (secondary N) is 2. The molecule has 112 valence electrons. The number of hydrogen-bond donors (Lipinski definition) is 2. The minimum atomic E-state index is -3.60. The van der Waals surface area contributed by atoms with Gasteiger partial charge in [0.1, 0.15) is 10.7 Å². The van der Waals surface area contributed by atoms with Gasteiger partial charge >= 0.3 is 0 Å². The van der Waals surface area contributed by atoms with Gasteiger partial charge in [0.25, 0.3) is 5.91 Å². The predicted molar refractivity (Wildman–Crippen MR) is 73.0 cm³/mol. The van der Waals surface area contributed by atoms with Gasteiger partial charge in [-0.05, 0) is 6.92 Å². The molecule has 1 amide bonds. The average molecular weight is 301 g/mol. The van der Waals surface area contributed by atoms with E-state index in [0.717, 1.165) is 17.4 Å². The molecule has 1 aliphatic heterocycles. The van der Waals surface area contributed by atoms with Crippen LogP contribution < -0.4 is 10.6 Å². The second-order valence-electron chi connectivity index (χ2n) is 5.05. The summed E-state index contributed by atoms with van der Waals surface area (Å²) in [6.45, 7) is 3.86. The SMILES string of the molecule is Cc1oc(C(=O)NCC2CNC2)cc1S(=O)(=O)N(C)C. The van der Waals surface area contributed by atoms with Crippen LogP contribution in [0.4, 0.5) is 0 Å². The molecule has 8 heteroatoms. The first-order valence-corrected chi connectivity index (χ1v) is 7.78. The second kappa shape index (κ2) is 5.55. The van der Waals surface area contributed by atoms with E-state index in [1.165, 1.54) is 27.1 Å². The van der Waals surface area contributed by atoms with Crippen LogP contribution in [0.1, 0.15) is 16.3 Å². The van der Waals surface area contributed by atoms with Crippen molar-refractivity contribution in [2.24, 2.45) is 5.92 Å². The fourth-order valence-corrected chi connectivity index (χ4v) is 2.90. The Labute approximate surface area is 118 Å². The molecule has 0 saturated carbocycles. The van der Waals surface area contributed by atoms with Crippen LogP contribution >= 0.6 is 0 Å².